The average Bonchev–Trinajstić information content (AvgIpc) is 2.93. The lowest BCUT2D eigenvalue weighted by Crippen LogP contribution is -2.74. The van der Waals surface area contributed by atoms with E-state index in [4.69, 9.17) is 14.5 Å². The molecule has 3 aromatic rings. The standard InChI is InChI=1S/C30H36N6O3/c1-5-7-28(37)32-24-8-6-9-26(20-24)39-29-27(22-14-18-38-19-15-22)21-31-30(34-29)33-23-10-12-25(13-11-23)36(4)17-16-35(2)3/h5-14,20-21H,15-19H2,1-4H3,(H,32,37)(H,31,33,34)/p+2/b7-5-. The number of quaternary nitrogens is 1. The van der Waals surface area contributed by atoms with Crippen LogP contribution in [0, 0.1) is 0 Å². The van der Waals surface area contributed by atoms with Gasteiger partial charge in [0, 0.05) is 49.7 Å². The van der Waals surface area contributed by atoms with Crippen molar-refractivity contribution in [3.63, 3.8) is 0 Å². The van der Waals surface area contributed by atoms with E-state index in [-0.39, 0.29) is 5.91 Å². The zero-order valence-corrected chi connectivity index (χ0v) is 23.1. The fourth-order valence-corrected chi connectivity index (χ4v) is 4.11. The molecule has 4 rings (SSSR count). The predicted molar refractivity (Wildman–Crippen MR) is 154 cm³/mol. The Labute approximate surface area is 230 Å². The number of H-pyrrole nitrogens is 1. The van der Waals surface area contributed by atoms with Crippen molar-refractivity contribution in [2.45, 2.75) is 13.3 Å². The number of aromatic amines is 1. The predicted octanol–water partition coefficient (Wildman–Crippen LogP) is 3.53. The van der Waals surface area contributed by atoms with Crippen molar-refractivity contribution in [1.29, 1.82) is 0 Å². The summed E-state index contributed by atoms with van der Waals surface area (Å²) in [7, 11) is 6.26. The molecule has 0 fully saturated rings. The first-order valence-corrected chi connectivity index (χ1v) is 13.1. The van der Waals surface area contributed by atoms with E-state index in [1.54, 1.807) is 19.1 Å². The van der Waals surface area contributed by atoms with Gasteiger partial charge >= 0.3 is 11.8 Å². The fourth-order valence-electron chi connectivity index (χ4n) is 4.11. The third kappa shape index (κ3) is 8.22. The molecule has 2 heterocycles. The highest BCUT2D eigenvalue weighted by Gasteiger charge is 2.24. The summed E-state index contributed by atoms with van der Waals surface area (Å²) >= 11 is 0. The fraction of sp³-hybridized carbons (Fsp3) is 0.300. The molecule has 1 aliphatic rings. The summed E-state index contributed by atoms with van der Waals surface area (Å²) in [4.78, 5) is 24.6. The van der Waals surface area contributed by atoms with Crippen molar-refractivity contribution in [2.75, 3.05) is 57.7 Å². The van der Waals surface area contributed by atoms with Gasteiger partial charge in [0.25, 0.3) is 0 Å². The van der Waals surface area contributed by atoms with E-state index in [0.717, 1.165) is 42.0 Å². The van der Waals surface area contributed by atoms with Gasteiger partial charge in [0.05, 0.1) is 18.2 Å². The first-order chi connectivity index (χ1) is 18.9. The average molecular weight is 531 g/mol. The summed E-state index contributed by atoms with van der Waals surface area (Å²) in [5.74, 6) is 1.55. The molecule has 1 aromatic heterocycles. The van der Waals surface area contributed by atoms with Crippen LogP contribution < -0.4 is 25.3 Å². The zero-order valence-electron chi connectivity index (χ0n) is 23.1. The molecule has 4 N–H and O–H groups in total. The van der Waals surface area contributed by atoms with Gasteiger partial charge in [-0.05, 0) is 63.4 Å². The third-order valence-corrected chi connectivity index (χ3v) is 6.28. The van der Waals surface area contributed by atoms with E-state index < -0.39 is 0 Å². The van der Waals surface area contributed by atoms with Gasteiger partial charge < -0.3 is 24.6 Å². The summed E-state index contributed by atoms with van der Waals surface area (Å²) < 4.78 is 11.8. The zero-order chi connectivity index (χ0) is 27.6. The van der Waals surface area contributed by atoms with E-state index in [0.29, 0.717) is 36.5 Å². The number of rotatable bonds is 11. The second-order valence-corrected chi connectivity index (χ2v) is 9.64. The van der Waals surface area contributed by atoms with Gasteiger partial charge in [-0.1, -0.05) is 18.2 Å². The van der Waals surface area contributed by atoms with Crippen molar-refractivity contribution in [3.8, 4) is 11.6 Å². The van der Waals surface area contributed by atoms with Crippen LogP contribution in [0.15, 0.2) is 73.0 Å². The number of nitrogens with two attached hydrogens (primary N) is 1. The second kappa shape index (κ2) is 13.7. The van der Waals surface area contributed by atoms with Crippen molar-refractivity contribution in [1.82, 2.24) is 9.88 Å². The molecule has 9 nitrogen and oxygen atoms in total. The summed E-state index contributed by atoms with van der Waals surface area (Å²) in [6.45, 7) is 4.96. The van der Waals surface area contributed by atoms with Crippen molar-refractivity contribution >= 4 is 34.5 Å². The van der Waals surface area contributed by atoms with E-state index >= 15 is 0 Å². The Morgan fingerprint density at radius 2 is 2.00 bits per heavy atom. The highest BCUT2D eigenvalue weighted by Crippen LogP contribution is 2.31. The van der Waals surface area contributed by atoms with Crippen LogP contribution in [0.4, 0.5) is 23.0 Å². The van der Waals surface area contributed by atoms with Crippen LogP contribution in [0.25, 0.3) is 5.57 Å². The first-order valence-electron chi connectivity index (χ1n) is 13.1. The van der Waals surface area contributed by atoms with E-state index in [1.165, 1.54) is 6.08 Å². The molecule has 0 bridgehead atoms. The maximum absolute atomic E-state index is 12.0. The highest BCUT2D eigenvalue weighted by atomic mass is 16.5. The molecule has 0 radical (unpaired) electrons. The van der Waals surface area contributed by atoms with Crippen LogP contribution in [0.3, 0.4) is 0 Å². The van der Waals surface area contributed by atoms with Gasteiger partial charge in [-0.2, -0.15) is 4.98 Å². The summed E-state index contributed by atoms with van der Waals surface area (Å²) in [5.41, 5.74) is 4.84. The Hall–Kier alpha value is -4.05. The number of nitrogens with zero attached hydrogens (tertiary/aromatic N) is 3. The Morgan fingerprint density at radius 1 is 1.18 bits per heavy atom. The number of hydrogen-bond donors (Lipinski definition) is 2. The number of aromatic nitrogens is 2. The molecule has 0 unspecified atom stereocenters. The van der Waals surface area contributed by atoms with Crippen LogP contribution in [-0.4, -0.2) is 63.2 Å². The smallest absolute Gasteiger partial charge is 0.420 e. The molecule has 204 valence electrons. The van der Waals surface area contributed by atoms with E-state index in [1.807, 2.05) is 29.7 Å². The molecule has 0 saturated heterocycles. The van der Waals surface area contributed by atoms with Gasteiger partial charge in [0.1, 0.15) is 23.2 Å². The van der Waals surface area contributed by atoms with Crippen LogP contribution in [0.1, 0.15) is 18.9 Å². The minimum Gasteiger partial charge on any atom is -0.420 e. The second-order valence-electron chi connectivity index (χ2n) is 9.64. The summed E-state index contributed by atoms with van der Waals surface area (Å²) in [6.07, 6.45) is 7.95. The molecule has 1 amide bonds. The van der Waals surface area contributed by atoms with E-state index in [9.17, 15) is 4.79 Å². The molecule has 0 saturated carbocycles. The molecular weight excluding hydrogens is 492 g/mol. The number of likely N-dealkylation sites (N-methyl/N-ethyl adjacent to an activating group) is 2. The number of benzene rings is 2. The van der Waals surface area contributed by atoms with Crippen LogP contribution in [-0.2, 0) is 9.53 Å². The van der Waals surface area contributed by atoms with E-state index in [2.05, 4.69) is 71.6 Å². The highest BCUT2D eigenvalue weighted by molar-refractivity contribution is 5.99. The lowest BCUT2D eigenvalue weighted by atomic mass is 10.0. The molecule has 9 heteroatoms. The molecule has 2 aromatic carbocycles. The largest absolute Gasteiger partial charge is 0.500 e. The van der Waals surface area contributed by atoms with Gasteiger partial charge in [-0.15, -0.1) is 0 Å². The third-order valence-electron chi connectivity index (χ3n) is 6.28. The number of hydrogen-bond acceptors (Lipinski definition) is 6. The van der Waals surface area contributed by atoms with Crippen molar-refractivity contribution in [2.24, 2.45) is 0 Å². The molecular formula is C30H38N6O3+2. The number of carbonyl (C=O) groups is 1. The molecule has 39 heavy (non-hydrogen) atoms. The minimum atomic E-state index is -0.193. The molecule has 0 spiro atoms. The van der Waals surface area contributed by atoms with Gasteiger partial charge in [-0.3, -0.25) is 4.79 Å². The van der Waals surface area contributed by atoms with Gasteiger partial charge in [-0.25, -0.2) is 5.32 Å². The van der Waals surface area contributed by atoms with Crippen LogP contribution >= 0.6 is 0 Å². The Balaban J connectivity index is 1.55. The Morgan fingerprint density at radius 3 is 2.72 bits per heavy atom. The first kappa shape index (κ1) is 28.0. The summed E-state index contributed by atoms with van der Waals surface area (Å²) in [5, 5.41) is 4.84. The molecule has 1 aliphatic heterocycles. The lowest BCUT2D eigenvalue weighted by molar-refractivity contribution is -0.591. The number of amides is 1. The number of nitrogens with one attached hydrogen (secondary N) is 2. The van der Waals surface area contributed by atoms with Crippen LogP contribution in [0.2, 0.25) is 0 Å². The topological polar surface area (TPSA) is 97.7 Å². The molecule has 0 atom stereocenters. The maximum atomic E-state index is 12.0. The van der Waals surface area contributed by atoms with Crippen molar-refractivity contribution < 1.29 is 24.6 Å². The number of allylic oxidation sites excluding steroid dienone is 1. The monoisotopic (exact) mass is 530 g/mol. The Bertz CT molecular complexity index is 1320. The normalized spacial score (nSPS) is 13.4. The number of carbonyl (C=O) groups excluding carboxylic acids is 1. The molecule has 0 aliphatic carbocycles. The minimum absolute atomic E-state index is 0.193. The number of anilines is 2. The van der Waals surface area contributed by atoms with Crippen LogP contribution in [0.5, 0.6) is 11.6 Å². The van der Waals surface area contributed by atoms with Gasteiger partial charge in [0.2, 0.25) is 5.91 Å². The van der Waals surface area contributed by atoms with Gasteiger partial charge in [0.15, 0.2) is 0 Å². The lowest BCUT2D eigenvalue weighted by Gasteiger charge is -2.21. The van der Waals surface area contributed by atoms with Crippen molar-refractivity contribution in [3.05, 3.63) is 78.5 Å². The quantitative estimate of drug-likeness (QED) is 0.291. The SMILES string of the molecule is C/C=C\C(=O)Nc1cccc(Oc2nc([NH2+]c3ccc(N(C)CCN(C)C)cc3)[nH+]cc2C2=CCOCC2)c1. The summed E-state index contributed by atoms with van der Waals surface area (Å²) in [6, 6.07) is 15.7. The Kier molecular flexibility index (Phi) is 9.80. The maximum Gasteiger partial charge on any atom is 0.500 e. The number of ether oxygens (including phenoxy) is 2.